The Kier molecular flexibility index (Phi) is 6.41. The highest BCUT2D eigenvalue weighted by molar-refractivity contribution is 5.76. The van der Waals surface area contributed by atoms with Crippen molar-refractivity contribution in [3.8, 4) is 6.07 Å². The van der Waals surface area contributed by atoms with E-state index >= 15 is 0 Å². The fourth-order valence-electron chi connectivity index (χ4n) is 1.49. The number of nitriles is 1. The van der Waals surface area contributed by atoms with Crippen LogP contribution >= 0.6 is 0 Å². The van der Waals surface area contributed by atoms with Crippen molar-refractivity contribution < 1.29 is 4.79 Å². The quantitative estimate of drug-likeness (QED) is 0.768. The Hall–Kier alpha value is -2.06. The average Bonchev–Trinajstić information content (AvgIpc) is 2.39. The molecule has 0 atom stereocenters. The van der Waals surface area contributed by atoms with E-state index in [4.69, 9.17) is 5.26 Å². The van der Waals surface area contributed by atoms with Crippen LogP contribution in [0.2, 0.25) is 0 Å². The summed E-state index contributed by atoms with van der Waals surface area (Å²) in [5, 5.41) is 14.7. The zero-order chi connectivity index (χ0) is 14.1. The molecule has 0 saturated heterocycles. The third-order valence-corrected chi connectivity index (χ3v) is 2.58. The maximum absolute atomic E-state index is 11.5. The summed E-state index contributed by atoms with van der Waals surface area (Å²) in [4.78, 5) is 13.5. The molecule has 0 spiro atoms. The molecule has 0 radical (unpaired) electrons. The highest BCUT2D eigenvalue weighted by Crippen LogP contribution is 2.08. The van der Waals surface area contributed by atoms with Crippen LogP contribution in [0.4, 0.5) is 5.69 Å². The van der Waals surface area contributed by atoms with Crippen molar-refractivity contribution in [3.05, 3.63) is 29.8 Å². The molecule has 5 heteroatoms. The third-order valence-electron chi connectivity index (χ3n) is 2.58. The van der Waals surface area contributed by atoms with Crippen LogP contribution in [0, 0.1) is 11.3 Å². The molecule has 0 heterocycles. The Morgan fingerprint density at radius 3 is 2.53 bits per heavy atom. The molecular formula is C14H20N4O. The maximum Gasteiger partial charge on any atom is 0.221 e. The largest absolute Gasteiger partial charge is 0.385 e. The topological polar surface area (TPSA) is 68.2 Å². The van der Waals surface area contributed by atoms with Gasteiger partial charge in [-0.15, -0.1) is 0 Å². The Morgan fingerprint density at radius 1 is 1.26 bits per heavy atom. The van der Waals surface area contributed by atoms with Crippen molar-refractivity contribution in [1.82, 2.24) is 10.2 Å². The van der Waals surface area contributed by atoms with Crippen LogP contribution in [0.3, 0.4) is 0 Å². The van der Waals surface area contributed by atoms with Gasteiger partial charge in [0.1, 0.15) is 0 Å². The second-order valence-electron chi connectivity index (χ2n) is 4.52. The summed E-state index contributed by atoms with van der Waals surface area (Å²) in [6.07, 6.45) is 0.438. The summed E-state index contributed by atoms with van der Waals surface area (Å²) < 4.78 is 0. The van der Waals surface area contributed by atoms with Gasteiger partial charge in [0, 0.05) is 31.7 Å². The first kappa shape index (κ1) is 15.0. The number of nitrogens with zero attached hydrogens (tertiary/aromatic N) is 2. The first-order valence-electron chi connectivity index (χ1n) is 6.27. The highest BCUT2D eigenvalue weighted by atomic mass is 16.1. The Balaban J connectivity index is 2.19. The van der Waals surface area contributed by atoms with Crippen LogP contribution in [0.1, 0.15) is 12.0 Å². The predicted molar refractivity (Wildman–Crippen MR) is 75.8 cm³/mol. The van der Waals surface area contributed by atoms with E-state index in [0.29, 0.717) is 25.1 Å². The number of likely N-dealkylation sites (N-methyl/N-ethyl adjacent to an activating group) is 1. The first-order valence-corrected chi connectivity index (χ1v) is 6.27. The molecule has 0 aliphatic heterocycles. The molecule has 0 bridgehead atoms. The molecule has 102 valence electrons. The number of hydrogen-bond acceptors (Lipinski definition) is 4. The van der Waals surface area contributed by atoms with Crippen molar-refractivity contribution in [3.63, 3.8) is 0 Å². The molecule has 2 N–H and O–H groups in total. The SMILES string of the molecule is CN(C)CCNC(=O)CCNc1ccc(C#N)cc1. The van der Waals surface area contributed by atoms with Gasteiger partial charge in [-0.2, -0.15) is 5.26 Å². The van der Waals surface area contributed by atoms with Crippen LogP contribution in [0.15, 0.2) is 24.3 Å². The smallest absolute Gasteiger partial charge is 0.221 e. The fraction of sp³-hybridized carbons (Fsp3) is 0.429. The number of carbonyl (C=O) groups is 1. The molecule has 0 saturated carbocycles. The van der Waals surface area contributed by atoms with Gasteiger partial charge in [0.25, 0.3) is 0 Å². The molecule has 5 nitrogen and oxygen atoms in total. The molecule has 1 rings (SSSR count). The summed E-state index contributed by atoms with van der Waals surface area (Å²) >= 11 is 0. The number of amides is 1. The van der Waals surface area contributed by atoms with Gasteiger partial charge in [-0.05, 0) is 38.4 Å². The molecule has 0 fully saturated rings. The summed E-state index contributed by atoms with van der Waals surface area (Å²) in [7, 11) is 3.94. The van der Waals surface area contributed by atoms with Gasteiger partial charge in [0.2, 0.25) is 5.91 Å². The predicted octanol–water partition coefficient (Wildman–Crippen LogP) is 1.04. The molecule has 0 unspecified atom stereocenters. The van der Waals surface area contributed by atoms with Gasteiger partial charge in [-0.25, -0.2) is 0 Å². The number of carbonyl (C=O) groups excluding carboxylic acids is 1. The summed E-state index contributed by atoms with van der Waals surface area (Å²) in [6.45, 7) is 2.09. The Bertz CT molecular complexity index is 434. The van der Waals surface area contributed by atoms with E-state index in [1.54, 1.807) is 12.1 Å². The molecule has 19 heavy (non-hydrogen) atoms. The van der Waals surface area contributed by atoms with E-state index in [2.05, 4.69) is 16.7 Å². The third kappa shape index (κ3) is 6.43. The van der Waals surface area contributed by atoms with Crippen LogP contribution < -0.4 is 10.6 Å². The Morgan fingerprint density at radius 2 is 1.95 bits per heavy atom. The van der Waals surface area contributed by atoms with E-state index in [1.165, 1.54) is 0 Å². The van der Waals surface area contributed by atoms with Gasteiger partial charge in [0.15, 0.2) is 0 Å². The second-order valence-corrected chi connectivity index (χ2v) is 4.52. The second kappa shape index (κ2) is 8.11. The van der Waals surface area contributed by atoms with Crippen molar-refractivity contribution >= 4 is 11.6 Å². The minimum atomic E-state index is 0.0444. The van der Waals surface area contributed by atoms with E-state index < -0.39 is 0 Å². The van der Waals surface area contributed by atoms with Gasteiger partial charge in [-0.3, -0.25) is 4.79 Å². The fourth-order valence-corrected chi connectivity index (χ4v) is 1.49. The molecule has 0 aromatic heterocycles. The van der Waals surface area contributed by atoms with E-state index in [1.807, 2.05) is 31.1 Å². The molecule has 0 aliphatic rings. The molecule has 1 aromatic carbocycles. The Labute approximate surface area is 114 Å². The van der Waals surface area contributed by atoms with Crippen molar-refractivity contribution in [2.75, 3.05) is 39.0 Å². The minimum absolute atomic E-state index is 0.0444. The molecule has 1 aromatic rings. The van der Waals surface area contributed by atoms with E-state index in [-0.39, 0.29) is 5.91 Å². The van der Waals surface area contributed by atoms with Gasteiger partial charge >= 0.3 is 0 Å². The number of benzene rings is 1. The van der Waals surface area contributed by atoms with Crippen LogP contribution in [0.25, 0.3) is 0 Å². The average molecular weight is 260 g/mol. The number of rotatable bonds is 7. The lowest BCUT2D eigenvalue weighted by Gasteiger charge is -2.11. The summed E-state index contributed by atoms with van der Waals surface area (Å²) in [5.74, 6) is 0.0444. The standard InChI is InChI=1S/C14H20N4O/c1-18(2)10-9-17-14(19)7-8-16-13-5-3-12(11-15)4-6-13/h3-6,16H,7-10H2,1-2H3,(H,17,19). The van der Waals surface area contributed by atoms with Gasteiger partial charge in [0.05, 0.1) is 11.6 Å². The monoisotopic (exact) mass is 260 g/mol. The molecule has 1 amide bonds. The lowest BCUT2D eigenvalue weighted by molar-refractivity contribution is -0.120. The van der Waals surface area contributed by atoms with Crippen molar-refractivity contribution in [2.45, 2.75) is 6.42 Å². The highest BCUT2D eigenvalue weighted by Gasteiger charge is 2.00. The molecule has 0 aliphatic carbocycles. The van der Waals surface area contributed by atoms with E-state index in [9.17, 15) is 4.79 Å². The number of anilines is 1. The van der Waals surface area contributed by atoms with Crippen molar-refractivity contribution in [2.24, 2.45) is 0 Å². The summed E-state index contributed by atoms with van der Waals surface area (Å²) in [5.41, 5.74) is 1.55. The first-order chi connectivity index (χ1) is 9.11. The zero-order valence-electron chi connectivity index (χ0n) is 11.4. The number of hydrogen-bond donors (Lipinski definition) is 2. The minimum Gasteiger partial charge on any atom is -0.385 e. The van der Waals surface area contributed by atoms with E-state index in [0.717, 1.165) is 12.2 Å². The molecular weight excluding hydrogens is 240 g/mol. The number of nitrogens with one attached hydrogen (secondary N) is 2. The summed E-state index contributed by atoms with van der Waals surface area (Å²) in [6, 6.07) is 9.24. The van der Waals surface area contributed by atoms with Crippen LogP contribution in [-0.2, 0) is 4.79 Å². The zero-order valence-corrected chi connectivity index (χ0v) is 11.4. The van der Waals surface area contributed by atoms with Gasteiger partial charge in [-0.1, -0.05) is 0 Å². The van der Waals surface area contributed by atoms with Crippen molar-refractivity contribution in [1.29, 1.82) is 5.26 Å². The maximum atomic E-state index is 11.5. The lowest BCUT2D eigenvalue weighted by atomic mass is 10.2. The lowest BCUT2D eigenvalue weighted by Crippen LogP contribution is -2.32. The normalized spacial score (nSPS) is 10.0. The van der Waals surface area contributed by atoms with Crippen LogP contribution in [0.5, 0.6) is 0 Å². The van der Waals surface area contributed by atoms with Crippen LogP contribution in [-0.4, -0.2) is 44.5 Å². The van der Waals surface area contributed by atoms with Gasteiger partial charge < -0.3 is 15.5 Å².